The van der Waals surface area contributed by atoms with Crippen molar-refractivity contribution in [2.45, 2.75) is 75.5 Å². The van der Waals surface area contributed by atoms with Crippen LogP contribution in [0.2, 0.25) is 0 Å². The van der Waals surface area contributed by atoms with Crippen molar-refractivity contribution >= 4 is 58.0 Å². The van der Waals surface area contributed by atoms with Crippen LogP contribution in [0, 0.1) is 0 Å². The molecule has 14 nitrogen and oxygen atoms in total. The lowest BCUT2D eigenvalue weighted by atomic mass is 9.97. The van der Waals surface area contributed by atoms with Crippen LogP contribution in [-0.4, -0.2) is 94.2 Å². The van der Waals surface area contributed by atoms with Crippen LogP contribution in [0.4, 0.5) is 0 Å². The smallest absolute Gasteiger partial charge is 0.305 e. The zero-order valence-corrected chi connectivity index (χ0v) is 28.5. The molecule has 0 unspecified atom stereocenters. The number of aromatic nitrogens is 1. The summed E-state index contributed by atoms with van der Waals surface area (Å²) in [6, 6.07) is 9.45. The van der Waals surface area contributed by atoms with Crippen molar-refractivity contribution in [3.8, 4) is 5.75 Å². The monoisotopic (exact) mass is 710 g/mol. The minimum absolute atomic E-state index is 0.0416. The van der Waals surface area contributed by atoms with Gasteiger partial charge in [-0.1, -0.05) is 30.3 Å². The number of phenols is 1. The molecule has 1 fully saturated rings. The zero-order chi connectivity index (χ0) is 36.2. The zero-order valence-electron chi connectivity index (χ0n) is 27.8. The van der Waals surface area contributed by atoms with Crippen molar-refractivity contribution in [2.75, 3.05) is 19.5 Å². The first-order valence-electron chi connectivity index (χ1n) is 16.5. The van der Waals surface area contributed by atoms with E-state index in [0.29, 0.717) is 31.2 Å². The van der Waals surface area contributed by atoms with E-state index in [1.807, 2.05) is 30.5 Å². The number of hydrogen-bond donors (Lipinski definition) is 6. The van der Waals surface area contributed by atoms with Gasteiger partial charge in [0.15, 0.2) is 0 Å². The number of nitrogens with two attached hydrogens (primary N) is 1. The van der Waals surface area contributed by atoms with Gasteiger partial charge in [0.05, 0.1) is 7.11 Å². The number of carbonyl (C=O) groups is 6. The number of amides is 5. The third kappa shape index (κ3) is 10.2. The molecule has 5 amide bonds. The van der Waals surface area contributed by atoms with Crippen LogP contribution in [0.3, 0.4) is 0 Å². The number of nitrogens with one attached hydrogen (secondary N) is 4. The van der Waals surface area contributed by atoms with E-state index >= 15 is 0 Å². The second kappa shape index (κ2) is 18.0. The van der Waals surface area contributed by atoms with E-state index in [1.165, 1.54) is 24.1 Å². The Morgan fingerprint density at radius 1 is 0.980 bits per heavy atom. The van der Waals surface area contributed by atoms with Crippen LogP contribution >= 0.6 is 11.6 Å². The van der Waals surface area contributed by atoms with E-state index in [4.69, 9.17) is 22.1 Å². The molecule has 15 heteroatoms. The molecule has 268 valence electrons. The second-order valence-electron chi connectivity index (χ2n) is 12.2. The number of benzene rings is 2. The maximum Gasteiger partial charge on any atom is 0.305 e. The van der Waals surface area contributed by atoms with Crippen molar-refractivity contribution < 1.29 is 38.6 Å². The number of primary amides is 1. The maximum absolute atomic E-state index is 14.0. The van der Waals surface area contributed by atoms with Gasteiger partial charge >= 0.3 is 5.97 Å². The topological polar surface area (TPSA) is 213 Å². The number of H-pyrrole nitrogens is 1. The summed E-state index contributed by atoms with van der Waals surface area (Å²) < 4.78 is 4.69. The molecule has 1 aliphatic rings. The molecule has 0 spiro atoms. The Balaban J connectivity index is 1.55. The van der Waals surface area contributed by atoms with Gasteiger partial charge in [-0.15, -0.1) is 11.6 Å². The highest BCUT2D eigenvalue weighted by Gasteiger charge is 2.38. The van der Waals surface area contributed by atoms with E-state index in [-0.39, 0.29) is 38.0 Å². The fraction of sp³-hybridized carbons (Fsp3) is 0.429. The average molecular weight is 711 g/mol. The third-order valence-corrected chi connectivity index (χ3v) is 9.00. The summed E-state index contributed by atoms with van der Waals surface area (Å²) in [4.78, 5) is 82.6. The summed E-state index contributed by atoms with van der Waals surface area (Å²) in [5.41, 5.74) is 8.14. The van der Waals surface area contributed by atoms with Gasteiger partial charge in [0, 0.05) is 36.5 Å². The van der Waals surface area contributed by atoms with E-state index in [9.17, 15) is 33.9 Å². The number of aryl methyl sites for hydroxylation is 1. The number of aromatic amines is 1. The normalized spacial score (nSPS) is 16.1. The van der Waals surface area contributed by atoms with Gasteiger partial charge < -0.3 is 41.4 Å². The predicted octanol–water partition coefficient (Wildman–Crippen LogP) is 1.56. The maximum atomic E-state index is 14.0. The quantitative estimate of drug-likeness (QED) is 0.0946. The summed E-state index contributed by atoms with van der Waals surface area (Å²) in [6.07, 6.45) is 3.74. The molecule has 2 aromatic carbocycles. The number of aromatic hydroxyl groups is 1. The summed E-state index contributed by atoms with van der Waals surface area (Å²) in [6.45, 7) is 0.213. The number of nitrogens with zero attached hydrogens (tertiary/aromatic N) is 1. The molecule has 0 radical (unpaired) electrons. The van der Waals surface area contributed by atoms with Crippen molar-refractivity contribution in [3.05, 3.63) is 65.9 Å². The molecule has 3 aromatic rings. The summed E-state index contributed by atoms with van der Waals surface area (Å²) >= 11 is 5.68. The number of phenolic OH excluding ortho intramolecular Hbond substituents is 1. The van der Waals surface area contributed by atoms with Gasteiger partial charge in [-0.3, -0.25) is 28.8 Å². The standard InChI is InChI=1S/C35H43ClN6O8/c1-50-31(45)16-15-27(39-30(44)19-36)35(49)42-17-5-4-8-29(42)34(48)40-26(14-11-22-20-38-25-7-3-2-6-24(22)25)33(47)41-28(32(37)46)18-21-9-12-23(43)13-10-21/h2-3,6-7,9-10,12-13,20,26-29,38,43H,4-5,8,11,14-19H2,1H3,(H2,37,46)(H,39,44)(H,40,48)(H,41,47)/t26-,27-,28-,29-/m0/s1. The van der Waals surface area contributed by atoms with Crippen LogP contribution in [0.25, 0.3) is 10.9 Å². The highest BCUT2D eigenvalue weighted by Crippen LogP contribution is 2.22. The number of methoxy groups -OCH3 is 1. The first kappa shape index (κ1) is 37.7. The highest BCUT2D eigenvalue weighted by molar-refractivity contribution is 6.27. The molecule has 1 saturated heterocycles. The van der Waals surface area contributed by atoms with Crippen LogP contribution in [0.5, 0.6) is 5.75 Å². The van der Waals surface area contributed by atoms with Gasteiger partial charge in [-0.25, -0.2) is 0 Å². The highest BCUT2D eigenvalue weighted by atomic mass is 35.5. The fourth-order valence-corrected chi connectivity index (χ4v) is 6.14. The first-order chi connectivity index (χ1) is 24.0. The summed E-state index contributed by atoms with van der Waals surface area (Å²) in [5, 5.41) is 18.6. The van der Waals surface area contributed by atoms with E-state index in [2.05, 4.69) is 20.9 Å². The van der Waals surface area contributed by atoms with Crippen LogP contribution in [-0.2, 0) is 46.3 Å². The molecule has 50 heavy (non-hydrogen) atoms. The molecular weight excluding hydrogens is 668 g/mol. The fourth-order valence-electron chi connectivity index (χ4n) is 6.06. The van der Waals surface area contributed by atoms with Gasteiger partial charge in [-0.05, 0) is 67.9 Å². The Labute approximate surface area is 294 Å². The average Bonchev–Trinajstić information content (AvgIpc) is 3.54. The van der Waals surface area contributed by atoms with Crippen molar-refractivity contribution in [3.63, 3.8) is 0 Å². The van der Waals surface area contributed by atoms with Crippen molar-refractivity contribution in [1.29, 1.82) is 0 Å². The Hall–Kier alpha value is -5.11. The number of hydrogen-bond acceptors (Lipinski definition) is 8. The molecule has 7 N–H and O–H groups in total. The van der Waals surface area contributed by atoms with Crippen molar-refractivity contribution in [2.24, 2.45) is 5.73 Å². The first-order valence-corrected chi connectivity index (χ1v) is 17.0. The van der Waals surface area contributed by atoms with Gasteiger partial charge in [0.1, 0.15) is 35.8 Å². The number of alkyl halides is 1. The summed E-state index contributed by atoms with van der Waals surface area (Å²) in [7, 11) is 1.21. The molecular formula is C35H43ClN6O8. The molecule has 0 bridgehead atoms. The van der Waals surface area contributed by atoms with Crippen LogP contribution in [0.1, 0.15) is 49.7 Å². The predicted molar refractivity (Wildman–Crippen MR) is 185 cm³/mol. The third-order valence-electron chi connectivity index (χ3n) is 8.75. The molecule has 1 aliphatic heterocycles. The van der Waals surface area contributed by atoms with E-state index in [0.717, 1.165) is 16.5 Å². The number of fused-ring (bicyclic) bond motifs is 1. The lowest BCUT2D eigenvalue weighted by Crippen LogP contribution is -2.60. The van der Waals surface area contributed by atoms with Crippen molar-refractivity contribution in [1.82, 2.24) is 25.8 Å². The van der Waals surface area contributed by atoms with Crippen LogP contribution < -0.4 is 21.7 Å². The lowest BCUT2D eigenvalue weighted by Gasteiger charge is -2.37. The lowest BCUT2D eigenvalue weighted by molar-refractivity contribution is -0.146. The van der Waals surface area contributed by atoms with E-state index in [1.54, 1.807) is 12.1 Å². The van der Waals surface area contributed by atoms with Gasteiger partial charge in [0.2, 0.25) is 29.5 Å². The number of piperidine rings is 1. The number of carbonyl (C=O) groups excluding carboxylic acids is 6. The Bertz CT molecular complexity index is 1680. The number of ether oxygens (including phenoxy) is 1. The summed E-state index contributed by atoms with van der Waals surface area (Å²) in [5.74, 6) is -4.11. The molecule has 2 heterocycles. The SMILES string of the molecule is COC(=O)CC[C@H](NC(=O)CCl)C(=O)N1CCCC[C@H]1C(=O)N[C@@H](CCc1c[nH]c2ccccc12)C(=O)N[C@@H](Cc1ccc(O)cc1)C(N)=O. The number of halogens is 1. The minimum Gasteiger partial charge on any atom is -0.508 e. The van der Waals surface area contributed by atoms with Crippen LogP contribution in [0.15, 0.2) is 54.7 Å². The van der Waals surface area contributed by atoms with Gasteiger partial charge in [-0.2, -0.15) is 0 Å². The molecule has 4 atom stereocenters. The number of rotatable bonds is 16. The van der Waals surface area contributed by atoms with E-state index < -0.39 is 65.6 Å². The molecule has 0 saturated carbocycles. The molecule has 1 aromatic heterocycles. The minimum atomic E-state index is -1.13. The second-order valence-corrected chi connectivity index (χ2v) is 12.5. The Morgan fingerprint density at radius 3 is 2.42 bits per heavy atom. The molecule has 0 aliphatic carbocycles. The Morgan fingerprint density at radius 2 is 1.72 bits per heavy atom. The molecule has 4 rings (SSSR count). The Kier molecular flexibility index (Phi) is 13.6. The van der Waals surface area contributed by atoms with Gasteiger partial charge in [0.25, 0.3) is 0 Å². The largest absolute Gasteiger partial charge is 0.508 e. The number of likely N-dealkylation sites (tertiary alicyclic amines) is 1. The number of esters is 1. The number of para-hydroxylation sites is 1.